The molecule has 1 fully saturated rings. The standard InChI is InChI=1S/C13H20ClN3OS/c1-2-9(15)13(10-3-4-11(14)19-10)17-7-5-12(18)16-6-8-17/h3-4,9,13H,2,5-8,15H2,1H3,(H,16,18). The third-order valence-corrected chi connectivity index (χ3v) is 4.80. The van der Waals surface area contributed by atoms with E-state index in [1.54, 1.807) is 11.3 Å². The molecule has 0 saturated carbocycles. The van der Waals surface area contributed by atoms with Gasteiger partial charge in [-0.05, 0) is 18.6 Å². The normalized spacial score (nSPS) is 20.7. The van der Waals surface area contributed by atoms with E-state index in [-0.39, 0.29) is 18.0 Å². The minimum Gasteiger partial charge on any atom is -0.355 e. The van der Waals surface area contributed by atoms with Crippen molar-refractivity contribution >= 4 is 28.8 Å². The summed E-state index contributed by atoms with van der Waals surface area (Å²) in [5.41, 5.74) is 6.29. The van der Waals surface area contributed by atoms with Crippen LogP contribution in [0.5, 0.6) is 0 Å². The van der Waals surface area contributed by atoms with Crippen LogP contribution in [0.3, 0.4) is 0 Å². The fourth-order valence-corrected chi connectivity index (χ4v) is 3.71. The molecule has 2 atom stereocenters. The van der Waals surface area contributed by atoms with Gasteiger partial charge in [0.2, 0.25) is 5.91 Å². The van der Waals surface area contributed by atoms with Crippen molar-refractivity contribution in [2.75, 3.05) is 19.6 Å². The smallest absolute Gasteiger partial charge is 0.221 e. The summed E-state index contributed by atoms with van der Waals surface area (Å²) in [6.07, 6.45) is 1.43. The molecule has 3 N–H and O–H groups in total. The molecule has 1 aromatic rings. The van der Waals surface area contributed by atoms with E-state index in [2.05, 4.69) is 17.1 Å². The van der Waals surface area contributed by atoms with E-state index in [0.29, 0.717) is 13.0 Å². The van der Waals surface area contributed by atoms with E-state index in [1.165, 1.54) is 4.88 Å². The number of halogens is 1. The van der Waals surface area contributed by atoms with Crippen LogP contribution in [-0.4, -0.2) is 36.5 Å². The Bertz CT molecular complexity index is 437. The number of nitrogens with zero attached hydrogens (tertiary/aromatic N) is 1. The van der Waals surface area contributed by atoms with Crippen molar-refractivity contribution in [2.45, 2.75) is 31.8 Å². The fraction of sp³-hybridized carbons (Fsp3) is 0.615. The predicted octanol–water partition coefficient (Wildman–Crippen LogP) is 2.00. The average Bonchev–Trinajstić information content (AvgIpc) is 2.69. The molecule has 0 bridgehead atoms. The van der Waals surface area contributed by atoms with Crippen LogP contribution < -0.4 is 11.1 Å². The summed E-state index contributed by atoms with van der Waals surface area (Å²) in [4.78, 5) is 14.9. The lowest BCUT2D eigenvalue weighted by Crippen LogP contribution is -2.42. The van der Waals surface area contributed by atoms with Gasteiger partial charge >= 0.3 is 0 Å². The quantitative estimate of drug-likeness (QED) is 0.894. The summed E-state index contributed by atoms with van der Waals surface area (Å²) in [6.45, 7) is 4.36. The first-order chi connectivity index (χ1) is 9.11. The van der Waals surface area contributed by atoms with Crippen molar-refractivity contribution in [3.05, 3.63) is 21.3 Å². The van der Waals surface area contributed by atoms with Crippen LogP contribution >= 0.6 is 22.9 Å². The summed E-state index contributed by atoms with van der Waals surface area (Å²) >= 11 is 7.62. The zero-order valence-corrected chi connectivity index (χ0v) is 12.6. The molecule has 2 heterocycles. The monoisotopic (exact) mass is 301 g/mol. The second kappa shape index (κ2) is 6.70. The van der Waals surface area contributed by atoms with E-state index >= 15 is 0 Å². The Morgan fingerprint density at radius 2 is 2.32 bits per heavy atom. The van der Waals surface area contributed by atoms with Crippen LogP contribution in [0.25, 0.3) is 0 Å². The summed E-state index contributed by atoms with van der Waals surface area (Å²) < 4.78 is 0.785. The molecule has 1 aliphatic heterocycles. The number of hydrogen-bond acceptors (Lipinski definition) is 4. The van der Waals surface area contributed by atoms with Crippen molar-refractivity contribution in [1.82, 2.24) is 10.2 Å². The van der Waals surface area contributed by atoms with E-state index in [4.69, 9.17) is 17.3 Å². The van der Waals surface area contributed by atoms with Crippen molar-refractivity contribution in [3.63, 3.8) is 0 Å². The van der Waals surface area contributed by atoms with Gasteiger partial charge in [-0.2, -0.15) is 0 Å². The van der Waals surface area contributed by atoms with Crippen LogP contribution in [0.15, 0.2) is 12.1 Å². The van der Waals surface area contributed by atoms with E-state index in [1.807, 2.05) is 12.1 Å². The van der Waals surface area contributed by atoms with Gasteiger partial charge in [-0.1, -0.05) is 18.5 Å². The first kappa shape index (κ1) is 14.8. The molecule has 1 amide bonds. The molecule has 4 nitrogen and oxygen atoms in total. The van der Waals surface area contributed by atoms with Crippen LogP contribution in [0.4, 0.5) is 0 Å². The zero-order valence-electron chi connectivity index (χ0n) is 11.1. The van der Waals surface area contributed by atoms with Gasteiger partial charge in [0.15, 0.2) is 0 Å². The minimum atomic E-state index is 0.0583. The lowest BCUT2D eigenvalue weighted by atomic mass is 10.0. The Balaban J connectivity index is 2.19. The molecule has 1 aromatic heterocycles. The van der Waals surface area contributed by atoms with Gasteiger partial charge < -0.3 is 11.1 Å². The van der Waals surface area contributed by atoms with Crippen LogP contribution in [0.1, 0.15) is 30.7 Å². The number of thiophene rings is 1. The zero-order chi connectivity index (χ0) is 13.8. The van der Waals surface area contributed by atoms with Gasteiger partial charge in [0, 0.05) is 37.0 Å². The molecular weight excluding hydrogens is 282 g/mol. The second-order valence-corrected chi connectivity index (χ2v) is 6.54. The van der Waals surface area contributed by atoms with Crippen LogP contribution in [0.2, 0.25) is 4.34 Å². The van der Waals surface area contributed by atoms with Crippen molar-refractivity contribution in [2.24, 2.45) is 5.73 Å². The van der Waals surface area contributed by atoms with Crippen LogP contribution in [-0.2, 0) is 4.79 Å². The molecule has 2 rings (SSSR count). The van der Waals surface area contributed by atoms with Gasteiger partial charge in [-0.15, -0.1) is 11.3 Å². The average molecular weight is 302 g/mol. The topological polar surface area (TPSA) is 58.4 Å². The summed E-state index contributed by atoms with van der Waals surface area (Å²) in [5, 5.41) is 2.90. The Morgan fingerprint density at radius 3 is 2.95 bits per heavy atom. The lowest BCUT2D eigenvalue weighted by Gasteiger charge is -2.33. The molecule has 2 unspecified atom stereocenters. The van der Waals surface area contributed by atoms with Crippen molar-refractivity contribution in [3.8, 4) is 0 Å². The van der Waals surface area contributed by atoms with Gasteiger partial charge in [-0.25, -0.2) is 0 Å². The SMILES string of the molecule is CCC(N)C(c1ccc(Cl)s1)N1CCNC(=O)CC1. The highest BCUT2D eigenvalue weighted by atomic mass is 35.5. The van der Waals surface area contributed by atoms with Gasteiger partial charge in [0.05, 0.1) is 10.4 Å². The molecule has 0 aromatic carbocycles. The first-order valence-electron chi connectivity index (χ1n) is 6.63. The lowest BCUT2D eigenvalue weighted by molar-refractivity contribution is -0.120. The largest absolute Gasteiger partial charge is 0.355 e. The fourth-order valence-electron chi connectivity index (χ4n) is 2.43. The van der Waals surface area contributed by atoms with Crippen molar-refractivity contribution in [1.29, 1.82) is 0 Å². The Hall–Kier alpha value is -0.620. The number of amides is 1. The number of nitrogens with two attached hydrogens (primary N) is 1. The highest BCUT2D eigenvalue weighted by Crippen LogP contribution is 2.33. The molecule has 1 saturated heterocycles. The summed E-state index contributed by atoms with van der Waals surface area (Å²) in [6, 6.07) is 4.17. The highest BCUT2D eigenvalue weighted by molar-refractivity contribution is 7.16. The molecule has 0 spiro atoms. The van der Waals surface area contributed by atoms with E-state index < -0.39 is 0 Å². The van der Waals surface area contributed by atoms with Gasteiger partial charge in [-0.3, -0.25) is 9.69 Å². The molecular formula is C13H20ClN3OS. The Labute approximate surface area is 122 Å². The van der Waals surface area contributed by atoms with Crippen LogP contribution in [0, 0.1) is 0 Å². The number of carbonyl (C=O) groups is 1. The minimum absolute atomic E-state index is 0.0583. The summed E-state index contributed by atoms with van der Waals surface area (Å²) in [7, 11) is 0. The predicted molar refractivity (Wildman–Crippen MR) is 79.5 cm³/mol. The molecule has 1 aliphatic rings. The molecule has 19 heavy (non-hydrogen) atoms. The molecule has 6 heteroatoms. The maximum atomic E-state index is 11.4. The summed E-state index contributed by atoms with van der Waals surface area (Å²) in [5.74, 6) is 0.121. The third-order valence-electron chi connectivity index (χ3n) is 3.50. The first-order valence-corrected chi connectivity index (χ1v) is 7.82. The number of rotatable bonds is 4. The van der Waals surface area contributed by atoms with Gasteiger partial charge in [0.25, 0.3) is 0 Å². The second-order valence-electron chi connectivity index (χ2n) is 4.79. The molecule has 0 radical (unpaired) electrons. The molecule has 0 aliphatic carbocycles. The number of hydrogen-bond donors (Lipinski definition) is 2. The van der Waals surface area contributed by atoms with Gasteiger partial charge in [0.1, 0.15) is 0 Å². The Kier molecular flexibility index (Phi) is 5.21. The maximum Gasteiger partial charge on any atom is 0.221 e. The number of nitrogens with one attached hydrogen (secondary N) is 1. The maximum absolute atomic E-state index is 11.4. The molecule has 106 valence electrons. The number of carbonyl (C=O) groups excluding carboxylic acids is 1. The highest BCUT2D eigenvalue weighted by Gasteiger charge is 2.28. The van der Waals surface area contributed by atoms with Crippen molar-refractivity contribution < 1.29 is 4.79 Å². The third kappa shape index (κ3) is 3.69. The Morgan fingerprint density at radius 1 is 1.53 bits per heavy atom. The van der Waals surface area contributed by atoms with E-state index in [9.17, 15) is 4.79 Å². The van der Waals surface area contributed by atoms with E-state index in [0.717, 1.165) is 23.8 Å².